The standard InChI is InChI=1S/C13H11Br2NO2/c1-16(2)13(18)10-6-7-5-8(14)3-4-9(7)11(15)12(10)17/h3-6,17H,1-2H3. The summed E-state index contributed by atoms with van der Waals surface area (Å²) in [5.74, 6) is -0.251. The van der Waals surface area contributed by atoms with Gasteiger partial charge in [-0.05, 0) is 44.9 Å². The molecular weight excluding hydrogens is 362 g/mol. The van der Waals surface area contributed by atoms with Gasteiger partial charge in [-0.15, -0.1) is 0 Å². The highest BCUT2D eigenvalue weighted by molar-refractivity contribution is 9.11. The molecule has 0 radical (unpaired) electrons. The van der Waals surface area contributed by atoms with E-state index in [9.17, 15) is 9.90 Å². The number of nitrogens with zero attached hydrogens (tertiary/aromatic N) is 1. The fraction of sp³-hybridized carbons (Fsp3) is 0.154. The lowest BCUT2D eigenvalue weighted by Crippen LogP contribution is -2.21. The number of benzene rings is 2. The highest BCUT2D eigenvalue weighted by Crippen LogP contribution is 2.37. The average molecular weight is 373 g/mol. The predicted molar refractivity (Wildman–Crippen MR) is 79.0 cm³/mol. The van der Waals surface area contributed by atoms with Crippen molar-refractivity contribution in [1.82, 2.24) is 4.90 Å². The van der Waals surface area contributed by atoms with Crippen molar-refractivity contribution in [3.8, 4) is 5.75 Å². The summed E-state index contributed by atoms with van der Waals surface area (Å²) in [6, 6.07) is 7.38. The van der Waals surface area contributed by atoms with E-state index in [2.05, 4.69) is 31.9 Å². The first kappa shape index (κ1) is 13.4. The van der Waals surface area contributed by atoms with E-state index in [0.29, 0.717) is 4.47 Å². The topological polar surface area (TPSA) is 40.5 Å². The highest BCUT2D eigenvalue weighted by atomic mass is 79.9. The maximum Gasteiger partial charge on any atom is 0.257 e. The number of phenols is 1. The molecule has 0 aliphatic heterocycles. The third-order valence-corrected chi connectivity index (χ3v) is 3.95. The molecular formula is C13H11Br2NO2. The summed E-state index contributed by atoms with van der Waals surface area (Å²) in [4.78, 5) is 13.4. The number of rotatable bonds is 1. The molecule has 1 amide bonds. The van der Waals surface area contributed by atoms with E-state index in [0.717, 1.165) is 15.2 Å². The molecule has 0 fully saturated rings. The predicted octanol–water partition coefficient (Wildman–Crippen LogP) is 3.77. The van der Waals surface area contributed by atoms with Crippen molar-refractivity contribution in [2.75, 3.05) is 14.1 Å². The molecule has 3 nitrogen and oxygen atoms in total. The van der Waals surface area contributed by atoms with Crippen molar-refractivity contribution in [1.29, 1.82) is 0 Å². The zero-order chi connectivity index (χ0) is 13.4. The molecule has 2 rings (SSSR count). The molecule has 2 aromatic carbocycles. The lowest BCUT2D eigenvalue weighted by Gasteiger charge is -2.14. The molecule has 0 spiro atoms. The number of amides is 1. The Bertz CT molecular complexity index is 638. The molecule has 0 atom stereocenters. The van der Waals surface area contributed by atoms with Crippen molar-refractivity contribution in [2.24, 2.45) is 0 Å². The lowest BCUT2D eigenvalue weighted by atomic mass is 10.1. The van der Waals surface area contributed by atoms with Gasteiger partial charge in [0.2, 0.25) is 0 Å². The van der Waals surface area contributed by atoms with E-state index >= 15 is 0 Å². The van der Waals surface area contributed by atoms with E-state index in [1.54, 1.807) is 20.2 Å². The van der Waals surface area contributed by atoms with Gasteiger partial charge in [-0.3, -0.25) is 4.79 Å². The minimum Gasteiger partial charge on any atom is -0.506 e. The van der Waals surface area contributed by atoms with Crippen LogP contribution in [0.3, 0.4) is 0 Å². The summed E-state index contributed by atoms with van der Waals surface area (Å²) in [6.45, 7) is 0. The first-order valence-electron chi connectivity index (χ1n) is 5.24. The lowest BCUT2D eigenvalue weighted by molar-refractivity contribution is 0.0824. The van der Waals surface area contributed by atoms with Crippen LogP contribution in [0, 0.1) is 0 Å². The Balaban J connectivity index is 2.76. The van der Waals surface area contributed by atoms with Gasteiger partial charge in [0.1, 0.15) is 5.75 Å². The van der Waals surface area contributed by atoms with Gasteiger partial charge in [-0.1, -0.05) is 22.0 Å². The van der Waals surface area contributed by atoms with Crippen molar-refractivity contribution in [3.05, 3.63) is 38.8 Å². The number of hydrogen-bond acceptors (Lipinski definition) is 2. The number of phenolic OH excluding ortho intramolecular Hbond substituents is 1. The Morgan fingerprint density at radius 2 is 1.89 bits per heavy atom. The van der Waals surface area contributed by atoms with Gasteiger partial charge >= 0.3 is 0 Å². The van der Waals surface area contributed by atoms with Gasteiger partial charge in [0.25, 0.3) is 5.91 Å². The van der Waals surface area contributed by atoms with Crippen LogP contribution in [0.15, 0.2) is 33.2 Å². The van der Waals surface area contributed by atoms with Gasteiger partial charge in [0, 0.05) is 18.6 Å². The minimum atomic E-state index is -0.227. The third kappa shape index (κ3) is 2.24. The zero-order valence-corrected chi connectivity index (χ0v) is 13.0. The fourth-order valence-corrected chi connectivity index (χ4v) is 2.68. The van der Waals surface area contributed by atoms with Crippen LogP contribution < -0.4 is 0 Å². The highest BCUT2D eigenvalue weighted by Gasteiger charge is 2.18. The van der Waals surface area contributed by atoms with Crippen LogP contribution in [0.4, 0.5) is 0 Å². The Hall–Kier alpha value is -1.07. The normalized spacial score (nSPS) is 10.7. The van der Waals surface area contributed by atoms with Gasteiger partial charge in [0.05, 0.1) is 10.0 Å². The van der Waals surface area contributed by atoms with Crippen molar-refractivity contribution in [3.63, 3.8) is 0 Å². The molecule has 0 saturated heterocycles. The first-order chi connectivity index (χ1) is 8.41. The van der Waals surface area contributed by atoms with Crippen LogP contribution in [0.1, 0.15) is 10.4 Å². The second kappa shape index (κ2) is 4.90. The summed E-state index contributed by atoms with van der Waals surface area (Å²) in [6.07, 6.45) is 0. The van der Waals surface area contributed by atoms with Crippen LogP contribution in [0.2, 0.25) is 0 Å². The second-order valence-electron chi connectivity index (χ2n) is 4.15. The van der Waals surface area contributed by atoms with Crippen LogP contribution >= 0.6 is 31.9 Å². The number of aromatic hydroxyl groups is 1. The molecule has 0 aliphatic carbocycles. The molecule has 0 aliphatic rings. The molecule has 18 heavy (non-hydrogen) atoms. The molecule has 0 bridgehead atoms. The van der Waals surface area contributed by atoms with E-state index < -0.39 is 0 Å². The van der Waals surface area contributed by atoms with Crippen molar-refractivity contribution < 1.29 is 9.90 Å². The summed E-state index contributed by atoms with van der Waals surface area (Å²) in [5, 5.41) is 11.8. The molecule has 1 N–H and O–H groups in total. The molecule has 0 heterocycles. The van der Waals surface area contributed by atoms with E-state index in [-0.39, 0.29) is 17.2 Å². The summed E-state index contributed by atoms with van der Waals surface area (Å²) < 4.78 is 1.47. The van der Waals surface area contributed by atoms with Crippen LogP contribution in [-0.2, 0) is 0 Å². The number of carbonyl (C=O) groups excluding carboxylic acids is 1. The molecule has 94 valence electrons. The van der Waals surface area contributed by atoms with Gasteiger partial charge in [-0.25, -0.2) is 0 Å². The largest absolute Gasteiger partial charge is 0.506 e. The number of hydrogen-bond donors (Lipinski definition) is 1. The monoisotopic (exact) mass is 371 g/mol. The van der Waals surface area contributed by atoms with Gasteiger partial charge in [0.15, 0.2) is 0 Å². The van der Waals surface area contributed by atoms with Crippen molar-refractivity contribution >= 4 is 48.5 Å². The minimum absolute atomic E-state index is 0.0245. The first-order valence-corrected chi connectivity index (χ1v) is 6.83. The SMILES string of the molecule is CN(C)C(=O)c1cc2cc(Br)ccc2c(Br)c1O. The number of fused-ring (bicyclic) bond motifs is 1. The van der Waals surface area contributed by atoms with Gasteiger partial charge in [-0.2, -0.15) is 0 Å². The van der Waals surface area contributed by atoms with Crippen LogP contribution in [0.5, 0.6) is 5.75 Å². The second-order valence-corrected chi connectivity index (χ2v) is 5.86. The average Bonchev–Trinajstić information content (AvgIpc) is 2.32. The quantitative estimate of drug-likeness (QED) is 0.827. The maximum absolute atomic E-state index is 12.0. The Labute approximate surface area is 122 Å². The molecule has 0 aromatic heterocycles. The summed E-state index contributed by atoms with van der Waals surface area (Å²) in [7, 11) is 3.31. The smallest absolute Gasteiger partial charge is 0.257 e. The fourth-order valence-electron chi connectivity index (χ4n) is 1.73. The van der Waals surface area contributed by atoms with Gasteiger partial charge < -0.3 is 10.0 Å². The summed E-state index contributed by atoms with van der Waals surface area (Å²) >= 11 is 6.73. The van der Waals surface area contributed by atoms with Crippen LogP contribution in [-0.4, -0.2) is 30.0 Å². The molecule has 0 unspecified atom stereocenters. The molecule has 2 aromatic rings. The molecule has 5 heteroatoms. The van der Waals surface area contributed by atoms with E-state index in [1.165, 1.54) is 4.90 Å². The van der Waals surface area contributed by atoms with Crippen molar-refractivity contribution in [2.45, 2.75) is 0 Å². The zero-order valence-electron chi connectivity index (χ0n) is 9.87. The summed E-state index contributed by atoms with van der Waals surface area (Å²) in [5.41, 5.74) is 0.289. The Morgan fingerprint density at radius 1 is 1.22 bits per heavy atom. The maximum atomic E-state index is 12.0. The van der Waals surface area contributed by atoms with Crippen LogP contribution in [0.25, 0.3) is 10.8 Å². The Morgan fingerprint density at radius 3 is 2.50 bits per heavy atom. The van der Waals surface area contributed by atoms with E-state index in [4.69, 9.17) is 0 Å². The Kier molecular flexibility index (Phi) is 3.64. The third-order valence-electron chi connectivity index (χ3n) is 2.65. The number of halogens is 2. The molecule has 0 saturated carbocycles. The number of carbonyl (C=O) groups is 1. The van der Waals surface area contributed by atoms with E-state index in [1.807, 2.05) is 18.2 Å².